The number of aryl methyl sites for hydroxylation is 2. The maximum absolute atomic E-state index is 11.6. The van der Waals surface area contributed by atoms with Crippen LogP contribution in [0.3, 0.4) is 0 Å². The molecule has 25 heavy (non-hydrogen) atoms. The maximum atomic E-state index is 11.6. The fourth-order valence-corrected chi connectivity index (χ4v) is 2.40. The van der Waals surface area contributed by atoms with Crippen molar-refractivity contribution < 1.29 is 9.53 Å². The van der Waals surface area contributed by atoms with Gasteiger partial charge in [0.05, 0.1) is 5.69 Å². The molecule has 0 unspecified atom stereocenters. The van der Waals surface area contributed by atoms with E-state index in [2.05, 4.69) is 20.8 Å². The van der Waals surface area contributed by atoms with E-state index in [-0.39, 0.29) is 5.28 Å². The third-order valence-electron chi connectivity index (χ3n) is 3.43. The van der Waals surface area contributed by atoms with E-state index in [0.717, 1.165) is 27.9 Å². The summed E-state index contributed by atoms with van der Waals surface area (Å²) in [5.41, 5.74) is 9.75. The Bertz CT molecular complexity index is 772. The van der Waals surface area contributed by atoms with Gasteiger partial charge < -0.3 is 4.74 Å². The molecule has 1 amide bonds. The van der Waals surface area contributed by atoms with Crippen LogP contribution in [-0.2, 0) is 11.3 Å². The van der Waals surface area contributed by atoms with E-state index in [1.54, 1.807) is 6.20 Å². The molecular weight excluding hydrogens is 340 g/mol. The molecule has 0 aliphatic carbocycles. The van der Waals surface area contributed by atoms with Crippen molar-refractivity contribution in [2.75, 3.05) is 0 Å². The third kappa shape index (κ3) is 5.69. The zero-order chi connectivity index (χ0) is 18.6. The second-order valence-corrected chi connectivity index (χ2v) is 7.13. The van der Waals surface area contributed by atoms with Gasteiger partial charge in [-0.2, -0.15) is 0 Å². The molecule has 7 heteroatoms. The molecule has 0 radical (unpaired) electrons. The van der Waals surface area contributed by atoms with E-state index < -0.39 is 11.7 Å². The van der Waals surface area contributed by atoms with Gasteiger partial charge in [0, 0.05) is 18.3 Å². The van der Waals surface area contributed by atoms with Crippen molar-refractivity contribution in [2.45, 2.75) is 46.8 Å². The predicted octanol–water partition coefficient (Wildman–Crippen LogP) is 3.94. The number of rotatable bonds is 4. The molecule has 1 aromatic carbocycles. The Morgan fingerprint density at radius 1 is 1.24 bits per heavy atom. The first kappa shape index (κ1) is 19.1. The molecule has 1 heterocycles. The number of ether oxygens (including phenoxy) is 1. The lowest BCUT2D eigenvalue weighted by Gasteiger charge is -2.20. The summed E-state index contributed by atoms with van der Waals surface area (Å²) in [5, 5.41) is 0.227. The number of nitrogens with zero attached hydrogens (tertiary/aromatic N) is 2. The van der Waals surface area contributed by atoms with Crippen LogP contribution in [0.2, 0.25) is 5.28 Å². The van der Waals surface area contributed by atoms with Gasteiger partial charge in [-0.1, -0.05) is 12.1 Å². The van der Waals surface area contributed by atoms with Gasteiger partial charge in [0.25, 0.3) is 0 Å². The Kier molecular flexibility index (Phi) is 5.98. The van der Waals surface area contributed by atoms with Gasteiger partial charge in [-0.15, -0.1) is 0 Å². The Hall–Kier alpha value is -2.18. The largest absolute Gasteiger partial charge is 0.443 e. The molecule has 2 aromatic rings. The van der Waals surface area contributed by atoms with Gasteiger partial charge in [0.1, 0.15) is 5.60 Å². The summed E-state index contributed by atoms with van der Waals surface area (Å²) < 4.78 is 5.17. The average Bonchev–Trinajstić information content (AvgIpc) is 2.49. The molecule has 0 fully saturated rings. The Labute approximate surface area is 152 Å². The summed E-state index contributed by atoms with van der Waals surface area (Å²) in [4.78, 5) is 19.9. The maximum Gasteiger partial charge on any atom is 0.422 e. The van der Waals surface area contributed by atoms with Gasteiger partial charge >= 0.3 is 6.09 Å². The van der Waals surface area contributed by atoms with Crippen LogP contribution < -0.4 is 10.9 Å². The smallest absolute Gasteiger partial charge is 0.422 e. The van der Waals surface area contributed by atoms with Gasteiger partial charge in [-0.25, -0.2) is 20.2 Å². The van der Waals surface area contributed by atoms with E-state index in [1.165, 1.54) is 0 Å². The lowest BCUT2D eigenvalue weighted by atomic mass is 10.0. The van der Waals surface area contributed by atoms with Crippen LogP contribution in [-0.4, -0.2) is 21.7 Å². The van der Waals surface area contributed by atoms with E-state index in [1.807, 2.05) is 52.8 Å². The zero-order valence-corrected chi connectivity index (χ0v) is 15.9. The standard InChI is InChI=1S/C18H23ClN4O2/c1-11-8-13(15-12(2)9-20-16(19)22-15)6-7-14(11)10-21-23-17(24)25-18(3,4)5/h6-9,21H,10H2,1-5H3,(H,23,24). The number of amides is 1. The number of aromatic nitrogens is 2. The number of carbonyl (C=O) groups is 1. The van der Waals surface area contributed by atoms with Crippen LogP contribution in [0, 0.1) is 13.8 Å². The van der Waals surface area contributed by atoms with Crippen molar-refractivity contribution in [2.24, 2.45) is 0 Å². The Morgan fingerprint density at radius 2 is 1.96 bits per heavy atom. The number of carbonyl (C=O) groups excluding carboxylic acids is 1. The summed E-state index contributed by atoms with van der Waals surface area (Å²) in [5.74, 6) is 0. The van der Waals surface area contributed by atoms with E-state index in [9.17, 15) is 4.79 Å². The summed E-state index contributed by atoms with van der Waals surface area (Å²) >= 11 is 5.90. The molecule has 0 spiro atoms. The summed E-state index contributed by atoms with van der Waals surface area (Å²) in [6.45, 7) is 9.88. The molecule has 0 saturated carbocycles. The third-order valence-corrected chi connectivity index (χ3v) is 3.61. The minimum Gasteiger partial charge on any atom is -0.443 e. The monoisotopic (exact) mass is 362 g/mol. The second kappa shape index (κ2) is 7.80. The number of hydrazine groups is 1. The molecule has 2 rings (SSSR count). The lowest BCUT2D eigenvalue weighted by molar-refractivity contribution is 0.0497. The first-order valence-corrected chi connectivity index (χ1v) is 8.34. The molecule has 2 N–H and O–H groups in total. The molecule has 0 aliphatic heterocycles. The van der Waals surface area contributed by atoms with Crippen LogP contribution >= 0.6 is 11.6 Å². The van der Waals surface area contributed by atoms with Crippen LogP contribution in [0.5, 0.6) is 0 Å². The van der Waals surface area contributed by atoms with Crippen molar-refractivity contribution in [1.29, 1.82) is 0 Å². The van der Waals surface area contributed by atoms with Crippen molar-refractivity contribution in [1.82, 2.24) is 20.8 Å². The predicted molar refractivity (Wildman–Crippen MR) is 98.2 cm³/mol. The number of nitrogens with one attached hydrogen (secondary N) is 2. The fourth-order valence-electron chi connectivity index (χ4n) is 2.27. The highest BCUT2D eigenvalue weighted by Gasteiger charge is 2.15. The molecule has 0 atom stereocenters. The summed E-state index contributed by atoms with van der Waals surface area (Å²) in [6, 6.07) is 6.00. The highest BCUT2D eigenvalue weighted by atomic mass is 35.5. The van der Waals surface area contributed by atoms with Crippen molar-refractivity contribution in [3.63, 3.8) is 0 Å². The second-order valence-electron chi connectivity index (χ2n) is 6.79. The summed E-state index contributed by atoms with van der Waals surface area (Å²) in [6.07, 6.45) is 1.20. The van der Waals surface area contributed by atoms with E-state index in [4.69, 9.17) is 16.3 Å². The van der Waals surface area contributed by atoms with Crippen LogP contribution in [0.15, 0.2) is 24.4 Å². The SMILES string of the molecule is Cc1cc(-c2nc(Cl)ncc2C)ccc1CNNC(=O)OC(C)(C)C. The van der Waals surface area contributed by atoms with Gasteiger partial charge in [0.15, 0.2) is 0 Å². The van der Waals surface area contributed by atoms with Crippen LogP contribution in [0.1, 0.15) is 37.5 Å². The lowest BCUT2D eigenvalue weighted by Crippen LogP contribution is -2.40. The first-order chi connectivity index (χ1) is 11.7. The highest BCUT2D eigenvalue weighted by Crippen LogP contribution is 2.24. The molecule has 134 valence electrons. The van der Waals surface area contributed by atoms with Crippen LogP contribution in [0.25, 0.3) is 11.3 Å². The highest BCUT2D eigenvalue weighted by molar-refractivity contribution is 6.28. The quantitative estimate of drug-likeness (QED) is 0.636. The number of hydrogen-bond donors (Lipinski definition) is 2. The number of hydrogen-bond acceptors (Lipinski definition) is 5. The molecular formula is C18H23ClN4O2. The van der Waals surface area contributed by atoms with E-state index in [0.29, 0.717) is 6.54 Å². The first-order valence-electron chi connectivity index (χ1n) is 7.96. The molecule has 0 bridgehead atoms. The van der Waals surface area contributed by atoms with Crippen molar-refractivity contribution in [3.8, 4) is 11.3 Å². The van der Waals surface area contributed by atoms with Gasteiger partial charge in [-0.3, -0.25) is 5.43 Å². The minimum absolute atomic E-state index is 0.227. The normalized spacial score (nSPS) is 11.3. The van der Waals surface area contributed by atoms with Crippen molar-refractivity contribution >= 4 is 17.7 Å². The minimum atomic E-state index is -0.528. The average molecular weight is 363 g/mol. The Morgan fingerprint density at radius 3 is 2.60 bits per heavy atom. The number of benzene rings is 1. The van der Waals surface area contributed by atoms with E-state index >= 15 is 0 Å². The Balaban J connectivity index is 2.03. The zero-order valence-electron chi connectivity index (χ0n) is 15.1. The van der Waals surface area contributed by atoms with Crippen molar-refractivity contribution in [3.05, 3.63) is 46.4 Å². The van der Waals surface area contributed by atoms with Crippen LogP contribution in [0.4, 0.5) is 4.79 Å². The molecule has 6 nitrogen and oxygen atoms in total. The molecule has 0 aliphatic rings. The van der Waals surface area contributed by atoms with Gasteiger partial charge in [-0.05, 0) is 69.0 Å². The number of halogens is 1. The molecule has 1 aromatic heterocycles. The van der Waals surface area contributed by atoms with Gasteiger partial charge in [0.2, 0.25) is 5.28 Å². The molecule has 0 saturated heterocycles. The summed E-state index contributed by atoms with van der Waals surface area (Å²) in [7, 11) is 0. The fraction of sp³-hybridized carbons (Fsp3) is 0.389. The topological polar surface area (TPSA) is 76.1 Å².